The number of carbonyl (C=O) groups excluding carboxylic acids is 1. The van der Waals surface area contributed by atoms with Crippen molar-refractivity contribution < 1.29 is 18.4 Å². The molecule has 3 heterocycles. The van der Waals surface area contributed by atoms with E-state index in [2.05, 4.69) is 15.5 Å². The van der Waals surface area contributed by atoms with Gasteiger partial charge in [0.1, 0.15) is 0 Å². The van der Waals surface area contributed by atoms with Crippen molar-refractivity contribution in [3.63, 3.8) is 0 Å². The highest BCUT2D eigenvalue weighted by Gasteiger charge is 2.30. The average molecular weight is 367 g/mol. The third-order valence-corrected chi connectivity index (χ3v) is 5.21. The van der Waals surface area contributed by atoms with Crippen LogP contribution in [-0.4, -0.2) is 22.7 Å². The van der Waals surface area contributed by atoms with Gasteiger partial charge in [0, 0.05) is 23.6 Å². The molecule has 5 rings (SSSR count). The number of aromatic nitrogens is 2. The van der Waals surface area contributed by atoms with E-state index in [0.29, 0.717) is 46.9 Å². The number of hydrogen-bond acceptors (Lipinski definition) is 5. The maximum Gasteiger partial charge on any atom is 0.259 e. The fraction of sp³-hybridized carbons (Fsp3) is 0.350. The third-order valence-electron chi connectivity index (χ3n) is 5.21. The molecule has 1 amide bonds. The van der Waals surface area contributed by atoms with Gasteiger partial charge in [-0.2, -0.15) is 0 Å². The van der Waals surface area contributed by atoms with Gasteiger partial charge in [0.25, 0.3) is 11.6 Å². The van der Waals surface area contributed by atoms with Crippen LogP contribution in [0.3, 0.4) is 0 Å². The molecule has 0 bridgehead atoms. The Balaban J connectivity index is 1.52. The molecule has 0 saturated heterocycles. The predicted molar refractivity (Wildman–Crippen MR) is 95.2 cm³/mol. The summed E-state index contributed by atoms with van der Waals surface area (Å²) in [7, 11) is 0. The van der Waals surface area contributed by atoms with Gasteiger partial charge in [-0.05, 0) is 31.9 Å². The van der Waals surface area contributed by atoms with Crippen LogP contribution in [-0.2, 0) is 0 Å². The smallest absolute Gasteiger partial charge is 0.259 e. The number of fused-ring (bicyclic) bond motifs is 2. The Morgan fingerprint density at radius 1 is 1.30 bits per heavy atom. The first kappa shape index (κ1) is 16.2. The van der Waals surface area contributed by atoms with Gasteiger partial charge in [0.2, 0.25) is 0 Å². The summed E-state index contributed by atoms with van der Waals surface area (Å²) in [6.07, 6.45) is 2.72. The molecule has 138 valence electrons. The Bertz CT molecular complexity index is 1060. The number of halogens is 1. The number of carbonyl (C=O) groups is 1. The molecule has 7 heteroatoms. The molecule has 2 aliphatic rings. The molecule has 1 atom stereocenters. The SMILES string of the molecule is Cc1noc2nc(C3CC3)cc(C(=O)N[C@H]3CCOc4c(F)cccc43)c12. The number of aryl methyl sites for hydroxylation is 1. The molecule has 1 aliphatic carbocycles. The second kappa shape index (κ2) is 6.04. The van der Waals surface area contributed by atoms with E-state index in [9.17, 15) is 9.18 Å². The van der Waals surface area contributed by atoms with E-state index in [0.717, 1.165) is 18.5 Å². The highest BCUT2D eigenvalue weighted by molar-refractivity contribution is 6.06. The van der Waals surface area contributed by atoms with Crippen LogP contribution in [0.1, 0.15) is 58.5 Å². The first-order chi connectivity index (χ1) is 13.1. The lowest BCUT2D eigenvalue weighted by molar-refractivity contribution is 0.0925. The monoisotopic (exact) mass is 367 g/mol. The van der Waals surface area contributed by atoms with E-state index in [1.807, 2.05) is 6.07 Å². The number of nitrogens with zero attached hydrogens (tertiary/aromatic N) is 2. The number of amides is 1. The second-order valence-corrected chi connectivity index (χ2v) is 7.14. The van der Waals surface area contributed by atoms with Crippen LogP contribution in [0.25, 0.3) is 11.1 Å². The summed E-state index contributed by atoms with van der Waals surface area (Å²) in [4.78, 5) is 17.6. The third kappa shape index (κ3) is 2.74. The zero-order valence-electron chi connectivity index (χ0n) is 14.8. The summed E-state index contributed by atoms with van der Waals surface area (Å²) in [5.41, 5.74) is 3.04. The summed E-state index contributed by atoms with van der Waals surface area (Å²) in [5.74, 6) is -0.0561. The zero-order chi connectivity index (χ0) is 18.5. The Morgan fingerprint density at radius 3 is 2.96 bits per heavy atom. The molecule has 1 N–H and O–H groups in total. The van der Waals surface area contributed by atoms with E-state index in [1.54, 1.807) is 19.1 Å². The van der Waals surface area contributed by atoms with Gasteiger partial charge < -0.3 is 14.6 Å². The van der Waals surface area contributed by atoms with Crippen molar-refractivity contribution >= 4 is 17.0 Å². The van der Waals surface area contributed by atoms with Crippen LogP contribution in [0.15, 0.2) is 28.8 Å². The van der Waals surface area contributed by atoms with Crippen LogP contribution in [0.2, 0.25) is 0 Å². The molecular formula is C20H18FN3O3. The largest absolute Gasteiger partial charge is 0.490 e. The van der Waals surface area contributed by atoms with Crippen molar-refractivity contribution in [2.45, 2.75) is 38.1 Å². The molecule has 3 aromatic rings. The van der Waals surface area contributed by atoms with E-state index >= 15 is 0 Å². The Kier molecular flexibility index (Phi) is 3.63. The summed E-state index contributed by atoms with van der Waals surface area (Å²) in [6.45, 7) is 2.14. The Labute approximate surface area is 154 Å². The lowest BCUT2D eigenvalue weighted by atomic mass is 9.99. The summed E-state index contributed by atoms with van der Waals surface area (Å²) < 4.78 is 24.8. The van der Waals surface area contributed by atoms with Gasteiger partial charge in [0.15, 0.2) is 11.6 Å². The van der Waals surface area contributed by atoms with Crippen LogP contribution in [0.4, 0.5) is 4.39 Å². The van der Waals surface area contributed by atoms with Crippen molar-refractivity contribution in [1.29, 1.82) is 0 Å². The van der Waals surface area contributed by atoms with Crippen molar-refractivity contribution in [1.82, 2.24) is 15.5 Å². The molecule has 1 aliphatic heterocycles. The zero-order valence-corrected chi connectivity index (χ0v) is 14.8. The number of hydrogen-bond donors (Lipinski definition) is 1. The topological polar surface area (TPSA) is 77.2 Å². The fourth-order valence-electron chi connectivity index (χ4n) is 3.65. The molecule has 2 aromatic heterocycles. The Morgan fingerprint density at radius 2 is 2.15 bits per heavy atom. The van der Waals surface area contributed by atoms with Gasteiger partial charge in [0.05, 0.1) is 29.3 Å². The molecule has 1 saturated carbocycles. The normalized spacial score (nSPS) is 18.8. The van der Waals surface area contributed by atoms with Crippen LogP contribution in [0, 0.1) is 12.7 Å². The van der Waals surface area contributed by atoms with Crippen molar-refractivity contribution in [3.8, 4) is 5.75 Å². The van der Waals surface area contributed by atoms with E-state index in [1.165, 1.54) is 6.07 Å². The molecule has 0 radical (unpaired) electrons. The highest BCUT2D eigenvalue weighted by atomic mass is 19.1. The van der Waals surface area contributed by atoms with E-state index in [4.69, 9.17) is 9.26 Å². The van der Waals surface area contributed by atoms with Gasteiger partial charge in [-0.25, -0.2) is 9.37 Å². The van der Waals surface area contributed by atoms with E-state index < -0.39 is 5.82 Å². The number of para-hydroxylation sites is 1. The number of pyridine rings is 1. The molecule has 1 fully saturated rings. The van der Waals surface area contributed by atoms with Crippen LogP contribution in [0.5, 0.6) is 5.75 Å². The average Bonchev–Trinajstić information content (AvgIpc) is 3.46. The van der Waals surface area contributed by atoms with Gasteiger partial charge >= 0.3 is 0 Å². The number of benzene rings is 1. The molecule has 0 unspecified atom stereocenters. The summed E-state index contributed by atoms with van der Waals surface area (Å²) in [5, 5.41) is 7.63. The summed E-state index contributed by atoms with van der Waals surface area (Å²) in [6, 6.07) is 6.29. The van der Waals surface area contributed by atoms with Gasteiger partial charge in [-0.3, -0.25) is 4.79 Å². The standard InChI is InChI=1S/C20H18FN3O3/c1-10-17-13(9-16(11-5-6-11)23-20(17)27-24-10)19(25)22-15-7-8-26-18-12(15)3-2-4-14(18)21/h2-4,9,11,15H,5-8H2,1H3,(H,22,25)/t15-/m0/s1. The molecule has 1 aromatic carbocycles. The van der Waals surface area contributed by atoms with Crippen molar-refractivity contribution in [2.75, 3.05) is 6.61 Å². The first-order valence-corrected chi connectivity index (χ1v) is 9.11. The van der Waals surface area contributed by atoms with Gasteiger partial charge in [-0.15, -0.1) is 0 Å². The number of rotatable bonds is 3. The fourth-order valence-corrected chi connectivity index (χ4v) is 3.65. The highest BCUT2D eigenvalue weighted by Crippen LogP contribution is 2.41. The molecule has 27 heavy (non-hydrogen) atoms. The number of ether oxygens (including phenoxy) is 1. The van der Waals surface area contributed by atoms with Gasteiger partial charge in [-0.1, -0.05) is 17.3 Å². The second-order valence-electron chi connectivity index (χ2n) is 7.14. The first-order valence-electron chi connectivity index (χ1n) is 9.11. The maximum atomic E-state index is 14.0. The van der Waals surface area contributed by atoms with Crippen LogP contribution >= 0.6 is 0 Å². The summed E-state index contributed by atoms with van der Waals surface area (Å²) >= 11 is 0. The lowest BCUT2D eigenvalue weighted by Gasteiger charge is -2.27. The molecular weight excluding hydrogens is 349 g/mol. The molecule has 6 nitrogen and oxygen atoms in total. The maximum absolute atomic E-state index is 14.0. The number of nitrogens with one attached hydrogen (secondary N) is 1. The quantitative estimate of drug-likeness (QED) is 0.762. The Hall–Kier alpha value is -2.96. The van der Waals surface area contributed by atoms with E-state index in [-0.39, 0.29) is 17.7 Å². The van der Waals surface area contributed by atoms with Crippen LogP contribution < -0.4 is 10.1 Å². The van der Waals surface area contributed by atoms with Crippen molar-refractivity contribution in [2.24, 2.45) is 0 Å². The lowest BCUT2D eigenvalue weighted by Crippen LogP contribution is -2.32. The minimum atomic E-state index is -0.413. The minimum absolute atomic E-state index is 0.216. The van der Waals surface area contributed by atoms with Crippen molar-refractivity contribution in [3.05, 3.63) is 52.6 Å². The molecule has 0 spiro atoms. The minimum Gasteiger partial charge on any atom is -0.490 e. The predicted octanol–water partition coefficient (Wildman–Crippen LogP) is 3.80.